The van der Waals surface area contributed by atoms with Crippen molar-refractivity contribution < 1.29 is 18.4 Å². The molecule has 0 fully saturated rings. The van der Waals surface area contributed by atoms with Crippen LogP contribution in [0.25, 0.3) is 11.0 Å². The SMILES string of the molecule is CCC(Cn1c(CC(F)(F)F)nc2cc(Cl)c(Cl)cc21)=NO. The average Bonchev–Trinajstić information content (AvgIpc) is 2.71. The highest BCUT2D eigenvalue weighted by Crippen LogP contribution is 2.30. The van der Waals surface area contributed by atoms with E-state index in [1.54, 1.807) is 6.92 Å². The number of oxime groups is 1. The number of benzene rings is 1. The molecule has 0 bridgehead atoms. The molecule has 0 aliphatic heterocycles. The summed E-state index contributed by atoms with van der Waals surface area (Å²) in [5.41, 5.74) is 1.04. The van der Waals surface area contributed by atoms with Gasteiger partial charge in [-0.05, 0) is 18.6 Å². The largest absolute Gasteiger partial charge is 0.411 e. The van der Waals surface area contributed by atoms with Crippen molar-refractivity contribution in [1.82, 2.24) is 9.55 Å². The summed E-state index contributed by atoms with van der Waals surface area (Å²) >= 11 is 11.8. The molecule has 1 aromatic carbocycles. The van der Waals surface area contributed by atoms with Crippen LogP contribution in [0.2, 0.25) is 10.0 Å². The maximum absolute atomic E-state index is 12.7. The standard InChI is InChI=1S/C13H12Cl2F3N3O/c1-2-7(20-22)6-21-11-4-9(15)8(14)3-10(11)19-12(21)5-13(16,17)18/h3-4,22H,2,5-6H2,1H3. The molecular formula is C13H12Cl2F3N3O. The molecule has 1 aromatic heterocycles. The van der Waals surface area contributed by atoms with Gasteiger partial charge in [-0.3, -0.25) is 0 Å². The summed E-state index contributed by atoms with van der Waals surface area (Å²) in [6, 6.07) is 2.87. The Morgan fingerprint density at radius 1 is 1.32 bits per heavy atom. The third-order valence-electron chi connectivity index (χ3n) is 3.12. The first-order chi connectivity index (χ1) is 10.2. The number of nitrogens with zero attached hydrogens (tertiary/aromatic N) is 3. The van der Waals surface area contributed by atoms with Gasteiger partial charge in [0, 0.05) is 0 Å². The average molecular weight is 354 g/mol. The first kappa shape index (κ1) is 16.9. The second kappa shape index (κ2) is 6.34. The van der Waals surface area contributed by atoms with Gasteiger partial charge in [-0.25, -0.2) is 4.98 Å². The number of hydrogen-bond acceptors (Lipinski definition) is 3. The highest BCUT2D eigenvalue weighted by molar-refractivity contribution is 6.42. The first-order valence-electron chi connectivity index (χ1n) is 6.36. The van der Waals surface area contributed by atoms with Crippen LogP contribution in [0.3, 0.4) is 0 Å². The molecule has 0 saturated carbocycles. The molecule has 0 unspecified atom stereocenters. The summed E-state index contributed by atoms with van der Waals surface area (Å²) in [7, 11) is 0. The van der Waals surface area contributed by atoms with E-state index < -0.39 is 12.6 Å². The minimum atomic E-state index is -4.41. The second-order valence-electron chi connectivity index (χ2n) is 4.68. The van der Waals surface area contributed by atoms with Gasteiger partial charge in [-0.1, -0.05) is 35.3 Å². The lowest BCUT2D eigenvalue weighted by Crippen LogP contribution is -2.19. The maximum Gasteiger partial charge on any atom is 0.396 e. The number of fused-ring (bicyclic) bond motifs is 1. The molecule has 120 valence electrons. The minimum absolute atomic E-state index is 0.00707. The molecule has 0 spiro atoms. The van der Waals surface area contributed by atoms with E-state index in [0.29, 0.717) is 23.2 Å². The van der Waals surface area contributed by atoms with E-state index in [-0.39, 0.29) is 22.4 Å². The third kappa shape index (κ3) is 3.64. The quantitative estimate of drug-likeness (QED) is 0.492. The molecule has 1 N–H and O–H groups in total. The van der Waals surface area contributed by atoms with Gasteiger partial charge in [-0.2, -0.15) is 13.2 Å². The Labute approximate surface area is 134 Å². The summed E-state index contributed by atoms with van der Waals surface area (Å²) in [5, 5.41) is 12.4. The number of alkyl halides is 3. The monoisotopic (exact) mass is 353 g/mol. The van der Waals surface area contributed by atoms with Crippen molar-refractivity contribution >= 4 is 39.9 Å². The molecule has 2 aromatic rings. The minimum Gasteiger partial charge on any atom is -0.411 e. The summed E-state index contributed by atoms with van der Waals surface area (Å²) in [4.78, 5) is 3.98. The fraction of sp³-hybridized carbons (Fsp3) is 0.385. The van der Waals surface area contributed by atoms with Crippen LogP contribution in [0.1, 0.15) is 19.2 Å². The van der Waals surface area contributed by atoms with Gasteiger partial charge in [0.2, 0.25) is 0 Å². The van der Waals surface area contributed by atoms with Crippen LogP contribution in [-0.4, -0.2) is 26.6 Å². The normalized spacial score (nSPS) is 13.1. The third-order valence-corrected chi connectivity index (χ3v) is 3.84. The lowest BCUT2D eigenvalue weighted by atomic mass is 10.2. The van der Waals surface area contributed by atoms with Crippen molar-refractivity contribution in [2.45, 2.75) is 32.5 Å². The van der Waals surface area contributed by atoms with Gasteiger partial charge in [0.05, 0.1) is 33.3 Å². The molecule has 0 aliphatic carbocycles. The van der Waals surface area contributed by atoms with Crippen LogP contribution < -0.4 is 0 Å². The van der Waals surface area contributed by atoms with Gasteiger partial charge in [-0.15, -0.1) is 0 Å². The Morgan fingerprint density at radius 2 is 1.95 bits per heavy atom. The van der Waals surface area contributed by atoms with Crippen LogP contribution in [0, 0.1) is 0 Å². The van der Waals surface area contributed by atoms with Crippen molar-refractivity contribution in [2.24, 2.45) is 5.16 Å². The van der Waals surface area contributed by atoms with Crippen LogP contribution >= 0.6 is 23.2 Å². The predicted octanol–water partition coefficient (Wildman–Crippen LogP) is 4.69. The molecular weight excluding hydrogens is 342 g/mol. The molecule has 0 aliphatic rings. The zero-order chi connectivity index (χ0) is 16.5. The van der Waals surface area contributed by atoms with Crippen molar-refractivity contribution in [3.05, 3.63) is 28.0 Å². The summed E-state index contributed by atoms with van der Waals surface area (Å²) in [6.45, 7) is 1.73. The van der Waals surface area contributed by atoms with Crippen molar-refractivity contribution in [2.75, 3.05) is 0 Å². The predicted molar refractivity (Wildman–Crippen MR) is 79.0 cm³/mol. The summed E-state index contributed by atoms with van der Waals surface area (Å²) in [5.74, 6) is -0.185. The zero-order valence-corrected chi connectivity index (χ0v) is 13.0. The van der Waals surface area contributed by atoms with Crippen molar-refractivity contribution in [3.8, 4) is 0 Å². The van der Waals surface area contributed by atoms with Gasteiger partial charge in [0.25, 0.3) is 0 Å². The molecule has 22 heavy (non-hydrogen) atoms. The van der Waals surface area contributed by atoms with E-state index in [4.69, 9.17) is 28.4 Å². The van der Waals surface area contributed by atoms with Crippen LogP contribution in [0.4, 0.5) is 13.2 Å². The van der Waals surface area contributed by atoms with E-state index >= 15 is 0 Å². The Kier molecular flexibility index (Phi) is 4.87. The number of aromatic nitrogens is 2. The number of halogens is 5. The molecule has 1 heterocycles. The topological polar surface area (TPSA) is 50.4 Å². The lowest BCUT2D eigenvalue weighted by molar-refractivity contribution is -0.128. The Bertz CT molecular complexity index is 725. The van der Waals surface area contributed by atoms with E-state index in [9.17, 15) is 13.2 Å². The fourth-order valence-electron chi connectivity index (χ4n) is 2.06. The molecule has 4 nitrogen and oxygen atoms in total. The smallest absolute Gasteiger partial charge is 0.396 e. The van der Waals surface area contributed by atoms with Gasteiger partial charge in [0.15, 0.2) is 0 Å². The second-order valence-corrected chi connectivity index (χ2v) is 5.50. The van der Waals surface area contributed by atoms with Crippen molar-refractivity contribution in [1.29, 1.82) is 0 Å². The molecule has 0 saturated heterocycles. The Balaban J connectivity index is 2.61. The molecule has 0 atom stereocenters. The summed E-state index contributed by atoms with van der Waals surface area (Å²) in [6.07, 6.45) is -5.21. The maximum atomic E-state index is 12.7. The number of rotatable bonds is 4. The van der Waals surface area contributed by atoms with Crippen LogP contribution in [0.15, 0.2) is 17.3 Å². The zero-order valence-electron chi connectivity index (χ0n) is 11.5. The Hall–Kier alpha value is -1.47. The van der Waals surface area contributed by atoms with E-state index in [0.717, 1.165) is 0 Å². The molecule has 2 rings (SSSR count). The van der Waals surface area contributed by atoms with Crippen molar-refractivity contribution in [3.63, 3.8) is 0 Å². The number of hydrogen-bond donors (Lipinski definition) is 1. The molecule has 9 heteroatoms. The van der Waals surface area contributed by atoms with Gasteiger partial charge >= 0.3 is 6.18 Å². The van der Waals surface area contributed by atoms with Gasteiger partial charge in [0.1, 0.15) is 12.2 Å². The van der Waals surface area contributed by atoms with Gasteiger partial charge < -0.3 is 9.77 Å². The van der Waals surface area contributed by atoms with Crippen LogP contribution in [-0.2, 0) is 13.0 Å². The summed E-state index contributed by atoms with van der Waals surface area (Å²) < 4.78 is 39.5. The van der Waals surface area contributed by atoms with Crippen LogP contribution in [0.5, 0.6) is 0 Å². The highest BCUT2D eigenvalue weighted by Gasteiger charge is 2.31. The molecule has 0 amide bonds. The fourth-order valence-corrected chi connectivity index (χ4v) is 2.37. The highest BCUT2D eigenvalue weighted by atomic mass is 35.5. The lowest BCUT2D eigenvalue weighted by Gasteiger charge is -2.11. The van der Waals surface area contributed by atoms with E-state index in [1.807, 2.05) is 0 Å². The molecule has 0 radical (unpaired) electrons. The number of imidazole rings is 1. The van der Waals surface area contributed by atoms with E-state index in [1.165, 1.54) is 16.7 Å². The van der Waals surface area contributed by atoms with E-state index in [2.05, 4.69) is 10.1 Å². The first-order valence-corrected chi connectivity index (χ1v) is 7.11. The Morgan fingerprint density at radius 3 is 2.50 bits per heavy atom.